The number of fused-ring (bicyclic) bond motifs is 1. The van der Waals surface area contributed by atoms with Gasteiger partial charge < -0.3 is 10.2 Å². The molecule has 0 aromatic heterocycles. The fourth-order valence-electron chi connectivity index (χ4n) is 4.54. The average molecular weight is 459 g/mol. The van der Waals surface area contributed by atoms with Crippen molar-refractivity contribution in [2.45, 2.75) is 24.9 Å². The number of amides is 2. The SMILES string of the molecule is CC[C@]1(C(=O)O)N[C@H](c2ccccc2O)[C@@H]2C(=O)N(c3ccc(Br)cc3)C(=O)[C@H]21. The maximum Gasteiger partial charge on any atom is 0.324 e. The molecule has 4 rings (SSSR count). The first kappa shape index (κ1) is 19.6. The first-order valence-corrected chi connectivity index (χ1v) is 10.0. The predicted molar refractivity (Wildman–Crippen MR) is 108 cm³/mol. The van der Waals surface area contributed by atoms with E-state index in [0.29, 0.717) is 11.3 Å². The number of para-hydroxylation sites is 1. The van der Waals surface area contributed by atoms with Gasteiger partial charge in [0.05, 0.1) is 17.5 Å². The largest absolute Gasteiger partial charge is 0.508 e. The Bertz CT molecular complexity index is 1010. The molecule has 3 N–H and O–H groups in total. The van der Waals surface area contributed by atoms with Crippen LogP contribution >= 0.6 is 15.9 Å². The van der Waals surface area contributed by atoms with Crippen LogP contribution in [0.15, 0.2) is 53.0 Å². The summed E-state index contributed by atoms with van der Waals surface area (Å²) in [6, 6.07) is 12.4. The number of phenols is 1. The Kier molecular flexibility index (Phi) is 4.71. The molecule has 2 fully saturated rings. The first-order valence-electron chi connectivity index (χ1n) is 9.24. The number of carbonyl (C=O) groups excluding carboxylic acids is 2. The summed E-state index contributed by atoms with van der Waals surface area (Å²) in [5.74, 6) is -4.27. The van der Waals surface area contributed by atoms with E-state index in [1.807, 2.05) is 0 Å². The van der Waals surface area contributed by atoms with Crippen molar-refractivity contribution in [1.82, 2.24) is 5.32 Å². The third-order valence-corrected chi connectivity index (χ3v) is 6.48. The summed E-state index contributed by atoms with van der Waals surface area (Å²) in [6.07, 6.45) is 0.112. The number of carboxylic acids is 1. The number of hydrogen-bond acceptors (Lipinski definition) is 5. The van der Waals surface area contributed by atoms with Crippen molar-refractivity contribution in [2.75, 3.05) is 4.90 Å². The van der Waals surface area contributed by atoms with Gasteiger partial charge >= 0.3 is 5.97 Å². The number of nitrogens with one attached hydrogen (secondary N) is 1. The zero-order chi connectivity index (χ0) is 20.9. The van der Waals surface area contributed by atoms with Crippen LogP contribution in [0.5, 0.6) is 5.75 Å². The number of aromatic hydroxyl groups is 1. The van der Waals surface area contributed by atoms with Crippen molar-refractivity contribution in [3.8, 4) is 5.75 Å². The van der Waals surface area contributed by atoms with E-state index < -0.39 is 41.2 Å². The molecule has 2 aromatic carbocycles. The second kappa shape index (κ2) is 6.96. The number of rotatable bonds is 4. The van der Waals surface area contributed by atoms with Gasteiger partial charge in [0.1, 0.15) is 11.3 Å². The van der Waals surface area contributed by atoms with Crippen molar-refractivity contribution >= 4 is 39.4 Å². The minimum Gasteiger partial charge on any atom is -0.508 e. The number of halogens is 1. The van der Waals surface area contributed by atoms with Gasteiger partial charge in [-0.2, -0.15) is 0 Å². The summed E-state index contributed by atoms with van der Waals surface area (Å²) in [5.41, 5.74) is -0.809. The lowest BCUT2D eigenvalue weighted by atomic mass is 9.78. The van der Waals surface area contributed by atoms with Gasteiger partial charge in [-0.3, -0.25) is 19.7 Å². The maximum absolute atomic E-state index is 13.4. The van der Waals surface area contributed by atoms with E-state index in [4.69, 9.17) is 0 Å². The molecule has 2 aromatic rings. The van der Waals surface area contributed by atoms with Crippen molar-refractivity contribution in [3.63, 3.8) is 0 Å². The molecule has 0 radical (unpaired) electrons. The Morgan fingerprint density at radius 1 is 1.14 bits per heavy atom. The van der Waals surface area contributed by atoms with Gasteiger partial charge in [0.2, 0.25) is 11.8 Å². The van der Waals surface area contributed by atoms with Gasteiger partial charge in [-0.1, -0.05) is 41.1 Å². The second-order valence-electron chi connectivity index (χ2n) is 7.30. The summed E-state index contributed by atoms with van der Waals surface area (Å²) >= 11 is 3.33. The Morgan fingerprint density at radius 3 is 2.38 bits per heavy atom. The molecule has 2 heterocycles. The molecule has 2 saturated heterocycles. The van der Waals surface area contributed by atoms with Gasteiger partial charge in [-0.05, 0) is 36.8 Å². The lowest BCUT2D eigenvalue weighted by molar-refractivity contribution is -0.149. The number of carbonyl (C=O) groups is 3. The standard InChI is InChI=1S/C21H19BrN2O5/c1-2-21(20(28)29)16-15(17(23-21)13-5-3-4-6-14(13)25)18(26)24(19(16)27)12-9-7-11(22)8-10-12/h3-10,15-17,23,25H,2H2,1H3,(H,28,29)/t15-,16+,17-,21+/m1/s1. The van der Waals surface area contributed by atoms with Crippen LogP contribution in [0.2, 0.25) is 0 Å². The monoisotopic (exact) mass is 458 g/mol. The van der Waals surface area contributed by atoms with Crippen LogP contribution in [-0.2, 0) is 14.4 Å². The third kappa shape index (κ3) is 2.78. The molecule has 0 unspecified atom stereocenters. The Balaban J connectivity index is 1.86. The molecular formula is C21H19BrN2O5. The minimum atomic E-state index is -1.60. The van der Waals surface area contributed by atoms with Crippen LogP contribution in [-0.4, -0.2) is 33.5 Å². The average Bonchev–Trinajstić information content (AvgIpc) is 3.18. The quantitative estimate of drug-likeness (QED) is 0.608. The Hall–Kier alpha value is -2.71. The Labute approximate surface area is 175 Å². The highest BCUT2D eigenvalue weighted by molar-refractivity contribution is 9.10. The summed E-state index contributed by atoms with van der Waals surface area (Å²) in [7, 11) is 0. The van der Waals surface area contributed by atoms with Crippen molar-refractivity contribution < 1.29 is 24.6 Å². The zero-order valence-corrected chi connectivity index (χ0v) is 17.1. The molecule has 0 aliphatic carbocycles. The fraction of sp³-hybridized carbons (Fsp3) is 0.286. The lowest BCUT2D eigenvalue weighted by Crippen LogP contribution is -2.55. The zero-order valence-electron chi connectivity index (χ0n) is 15.5. The molecule has 0 bridgehead atoms. The van der Waals surface area contributed by atoms with E-state index in [0.717, 1.165) is 9.37 Å². The molecule has 0 saturated carbocycles. The van der Waals surface area contributed by atoms with E-state index in [1.165, 1.54) is 6.07 Å². The van der Waals surface area contributed by atoms with Crippen LogP contribution in [0, 0.1) is 11.8 Å². The van der Waals surface area contributed by atoms with Gasteiger partial charge in [0.25, 0.3) is 0 Å². The van der Waals surface area contributed by atoms with E-state index >= 15 is 0 Å². The Morgan fingerprint density at radius 2 is 1.79 bits per heavy atom. The molecule has 2 aliphatic heterocycles. The van der Waals surface area contributed by atoms with Gasteiger partial charge in [-0.25, -0.2) is 4.90 Å². The highest BCUT2D eigenvalue weighted by Crippen LogP contribution is 2.52. The summed E-state index contributed by atoms with van der Waals surface area (Å²) in [6.45, 7) is 1.67. The van der Waals surface area contributed by atoms with E-state index in [2.05, 4.69) is 21.2 Å². The number of anilines is 1. The molecule has 8 heteroatoms. The van der Waals surface area contributed by atoms with Crippen molar-refractivity contribution in [2.24, 2.45) is 11.8 Å². The predicted octanol–water partition coefficient (Wildman–Crippen LogP) is 2.84. The topological polar surface area (TPSA) is 107 Å². The molecular weight excluding hydrogens is 440 g/mol. The molecule has 7 nitrogen and oxygen atoms in total. The van der Waals surface area contributed by atoms with E-state index in [1.54, 1.807) is 49.4 Å². The van der Waals surface area contributed by atoms with Crippen molar-refractivity contribution in [1.29, 1.82) is 0 Å². The highest BCUT2D eigenvalue weighted by Gasteiger charge is 2.68. The van der Waals surface area contributed by atoms with Crippen LogP contribution in [0.4, 0.5) is 5.69 Å². The number of imide groups is 1. The number of nitrogens with zero attached hydrogens (tertiary/aromatic N) is 1. The van der Waals surface area contributed by atoms with Gasteiger partial charge in [-0.15, -0.1) is 0 Å². The molecule has 0 spiro atoms. The van der Waals surface area contributed by atoms with E-state index in [-0.39, 0.29) is 12.2 Å². The summed E-state index contributed by atoms with van der Waals surface area (Å²) in [4.78, 5) is 40.1. The van der Waals surface area contributed by atoms with Gasteiger partial charge in [0, 0.05) is 16.1 Å². The molecule has 29 heavy (non-hydrogen) atoms. The number of hydrogen-bond donors (Lipinski definition) is 3. The van der Waals surface area contributed by atoms with Crippen molar-refractivity contribution in [3.05, 3.63) is 58.6 Å². The summed E-state index contributed by atoms with van der Waals surface area (Å²) in [5, 5.41) is 23.4. The van der Waals surface area contributed by atoms with Crippen LogP contribution < -0.4 is 10.2 Å². The van der Waals surface area contributed by atoms with E-state index in [9.17, 15) is 24.6 Å². The molecule has 150 valence electrons. The highest BCUT2D eigenvalue weighted by atomic mass is 79.9. The minimum absolute atomic E-state index is 0.0524. The van der Waals surface area contributed by atoms with Crippen LogP contribution in [0.3, 0.4) is 0 Å². The molecule has 2 aliphatic rings. The smallest absolute Gasteiger partial charge is 0.324 e. The van der Waals surface area contributed by atoms with Gasteiger partial charge in [0.15, 0.2) is 0 Å². The number of benzene rings is 2. The normalized spacial score (nSPS) is 28.6. The lowest BCUT2D eigenvalue weighted by Gasteiger charge is -2.30. The summed E-state index contributed by atoms with van der Waals surface area (Å²) < 4.78 is 0.794. The maximum atomic E-state index is 13.4. The van der Waals surface area contributed by atoms with Crippen LogP contribution in [0.25, 0.3) is 0 Å². The fourth-order valence-corrected chi connectivity index (χ4v) is 4.80. The molecule has 4 atom stereocenters. The second-order valence-corrected chi connectivity index (χ2v) is 8.22. The molecule has 2 amide bonds. The number of phenolic OH excluding ortho intramolecular Hbond substituents is 1. The number of carboxylic acid groups (broad SMARTS) is 1. The third-order valence-electron chi connectivity index (χ3n) is 5.95. The van der Waals surface area contributed by atoms with Crippen LogP contribution in [0.1, 0.15) is 24.9 Å². The first-order chi connectivity index (χ1) is 13.8. The number of aliphatic carboxylic acids is 1.